The van der Waals surface area contributed by atoms with E-state index in [9.17, 15) is 4.79 Å². The van der Waals surface area contributed by atoms with E-state index in [1.54, 1.807) is 0 Å². The van der Waals surface area contributed by atoms with Gasteiger partial charge in [0, 0.05) is 23.1 Å². The third-order valence-electron chi connectivity index (χ3n) is 3.93. The van der Waals surface area contributed by atoms with Crippen LogP contribution >= 0.6 is 0 Å². The van der Waals surface area contributed by atoms with E-state index in [-0.39, 0.29) is 12.0 Å². The zero-order valence-electron chi connectivity index (χ0n) is 10.3. The van der Waals surface area contributed by atoms with Crippen LogP contribution in [-0.2, 0) is 9.53 Å². The molecule has 4 nitrogen and oxygen atoms in total. The number of para-hydroxylation sites is 1. The van der Waals surface area contributed by atoms with Crippen molar-refractivity contribution in [2.45, 2.75) is 18.9 Å². The first kappa shape index (κ1) is 11.3. The summed E-state index contributed by atoms with van der Waals surface area (Å²) in [4.78, 5) is 15.1. The van der Waals surface area contributed by atoms with Crippen molar-refractivity contribution in [2.24, 2.45) is 11.1 Å². The number of ether oxygens (including phenoxy) is 1. The van der Waals surface area contributed by atoms with Gasteiger partial charge in [-0.1, -0.05) is 18.2 Å². The summed E-state index contributed by atoms with van der Waals surface area (Å²) in [5.41, 5.74) is 7.83. The molecule has 18 heavy (non-hydrogen) atoms. The Kier molecular flexibility index (Phi) is 2.41. The zero-order chi connectivity index (χ0) is 12.8. The normalized spacial score (nSPS) is 18.6. The second-order valence-electron chi connectivity index (χ2n) is 4.91. The van der Waals surface area contributed by atoms with Crippen molar-refractivity contribution in [3.05, 3.63) is 36.0 Å². The summed E-state index contributed by atoms with van der Waals surface area (Å²) in [6.45, 7) is 0. The van der Waals surface area contributed by atoms with Crippen LogP contribution in [0, 0.1) is 5.41 Å². The second-order valence-corrected chi connectivity index (χ2v) is 4.91. The maximum atomic E-state index is 11.9. The first-order chi connectivity index (χ1) is 8.69. The Morgan fingerprint density at radius 3 is 2.83 bits per heavy atom. The Morgan fingerprint density at radius 2 is 2.17 bits per heavy atom. The van der Waals surface area contributed by atoms with Crippen LogP contribution in [0.4, 0.5) is 0 Å². The molecule has 1 aliphatic rings. The van der Waals surface area contributed by atoms with Gasteiger partial charge in [0.2, 0.25) is 0 Å². The van der Waals surface area contributed by atoms with E-state index in [2.05, 4.69) is 4.98 Å². The zero-order valence-corrected chi connectivity index (χ0v) is 10.3. The predicted molar refractivity (Wildman–Crippen MR) is 68.9 cm³/mol. The average molecular weight is 244 g/mol. The molecule has 3 N–H and O–H groups in total. The van der Waals surface area contributed by atoms with Gasteiger partial charge in [-0.05, 0) is 24.5 Å². The molecule has 0 radical (unpaired) electrons. The fourth-order valence-electron chi connectivity index (χ4n) is 2.63. The van der Waals surface area contributed by atoms with Crippen molar-refractivity contribution >= 4 is 16.9 Å². The standard InChI is InChI=1S/C14H16N2O2/c1-18-13(17)14(6-7-14)12(15)10-8-16-11-5-3-2-4-9(10)11/h2-5,8,12,16H,6-7,15H2,1H3. The lowest BCUT2D eigenvalue weighted by molar-refractivity contribution is -0.148. The summed E-state index contributed by atoms with van der Waals surface area (Å²) >= 11 is 0. The van der Waals surface area contributed by atoms with Crippen LogP contribution in [0.5, 0.6) is 0 Å². The van der Waals surface area contributed by atoms with Gasteiger partial charge in [-0.3, -0.25) is 4.79 Å². The average Bonchev–Trinajstić information content (AvgIpc) is 3.11. The van der Waals surface area contributed by atoms with Gasteiger partial charge < -0.3 is 15.5 Å². The molecule has 0 saturated heterocycles. The van der Waals surface area contributed by atoms with E-state index in [1.165, 1.54) is 7.11 Å². The number of benzene rings is 1. The quantitative estimate of drug-likeness (QED) is 0.813. The first-order valence-electron chi connectivity index (χ1n) is 6.09. The molecular formula is C14H16N2O2. The van der Waals surface area contributed by atoms with Crippen molar-refractivity contribution < 1.29 is 9.53 Å². The van der Waals surface area contributed by atoms with E-state index in [4.69, 9.17) is 10.5 Å². The van der Waals surface area contributed by atoms with Crippen LogP contribution in [0.1, 0.15) is 24.4 Å². The molecule has 94 valence electrons. The fourth-order valence-corrected chi connectivity index (χ4v) is 2.63. The van der Waals surface area contributed by atoms with Crippen molar-refractivity contribution in [3.8, 4) is 0 Å². The molecule has 0 aliphatic heterocycles. The summed E-state index contributed by atoms with van der Waals surface area (Å²) in [6.07, 6.45) is 3.51. The molecule has 2 aromatic rings. The molecule has 4 heteroatoms. The van der Waals surface area contributed by atoms with Gasteiger partial charge in [0.1, 0.15) is 0 Å². The maximum Gasteiger partial charge on any atom is 0.313 e. The molecule has 1 fully saturated rings. The Morgan fingerprint density at radius 1 is 1.44 bits per heavy atom. The fraction of sp³-hybridized carbons (Fsp3) is 0.357. The molecule has 3 rings (SSSR count). The number of rotatable bonds is 3. The number of hydrogen-bond acceptors (Lipinski definition) is 3. The first-order valence-corrected chi connectivity index (χ1v) is 6.09. The second kappa shape index (κ2) is 3.85. The van der Waals surface area contributed by atoms with E-state index in [0.29, 0.717) is 0 Å². The van der Waals surface area contributed by atoms with Gasteiger partial charge in [0.25, 0.3) is 0 Å². The van der Waals surface area contributed by atoms with Crippen LogP contribution in [0.25, 0.3) is 10.9 Å². The topological polar surface area (TPSA) is 68.1 Å². The smallest absolute Gasteiger partial charge is 0.313 e. The van der Waals surface area contributed by atoms with Gasteiger partial charge in [-0.15, -0.1) is 0 Å². The molecule has 1 saturated carbocycles. The van der Waals surface area contributed by atoms with Crippen molar-refractivity contribution in [1.29, 1.82) is 0 Å². The number of carbonyl (C=O) groups excluding carboxylic acids is 1. The van der Waals surface area contributed by atoms with E-state index >= 15 is 0 Å². The number of nitrogens with two attached hydrogens (primary N) is 1. The molecular weight excluding hydrogens is 228 g/mol. The lowest BCUT2D eigenvalue weighted by Gasteiger charge is -2.20. The minimum Gasteiger partial charge on any atom is -0.469 e. The van der Waals surface area contributed by atoms with E-state index in [0.717, 1.165) is 29.3 Å². The minimum absolute atomic E-state index is 0.194. The number of aromatic nitrogens is 1. The molecule has 0 bridgehead atoms. The molecule has 0 spiro atoms. The minimum atomic E-state index is -0.514. The highest BCUT2D eigenvalue weighted by molar-refractivity contribution is 5.86. The van der Waals surface area contributed by atoms with Gasteiger partial charge in [0.15, 0.2) is 0 Å². The molecule has 1 aromatic heterocycles. The van der Waals surface area contributed by atoms with Gasteiger partial charge >= 0.3 is 5.97 Å². The Labute approximate surface area is 105 Å². The number of carbonyl (C=O) groups is 1. The predicted octanol–water partition coefficient (Wildman–Crippen LogP) is 2.12. The molecule has 1 unspecified atom stereocenters. The van der Waals surface area contributed by atoms with Crippen LogP contribution < -0.4 is 5.73 Å². The van der Waals surface area contributed by atoms with Crippen LogP contribution in [0.3, 0.4) is 0 Å². The third-order valence-corrected chi connectivity index (χ3v) is 3.93. The van der Waals surface area contributed by atoms with Crippen molar-refractivity contribution in [1.82, 2.24) is 4.98 Å². The number of H-pyrrole nitrogens is 1. The highest BCUT2D eigenvalue weighted by Gasteiger charge is 2.56. The van der Waals surface area contributed by atoms with Crippen LogP contribution in [0.15, 0.2) is 30.5 Å². The lowest BCUT2D eigenvalue weighted by atomic mass is 9.90. The number of aromatic amines is 1. The molecule has 1 heterocycles. The number of fused-ring (bicyclic) bond motifs is 1. The van der Waals surface area contributed by atoms with Gasteiger partial charge in [-0.25, -0.2) is 0 Å². The molecule has 1 atom stereocenters. The number of nitrogens with one attached hydrogen (secondary N) is 1. The summed E-state index contributed by atoms with van der Waals surface area (Å²) in [7, 11) is 1.42. The van der Waals surface area contributed by atoms with Crippen molar-refractivity contribution in [3.63, 3.8) is 0 Å². The highest BCUT2D eigenvalue weighted by atomic mass is 16.5. The Balaban J connectivity index is 2.03. The Bertz CT molecular complexity index is 599. The Hall–Kier alpha value is -1.81. The summed E-state index contributed by atoms with van der Waals surface area (Å²) in [5, 5.41) is 1.08. The third kappa shape index (κ3) is 1.46. The number of hydrogen-bond donors (Lipinski definition) is 2. The summed E-state index contributed by atoms with van der Waals surface area (Å²) in [5.74, 6) is -0.194. The van der Waals surface area contributed by atoms with Crippen LogP contribution in [-0.4, -0.2) is 18.1 Å². The highest BCUT2D eigenvalue weighted by Crippen LogP contribution is 2.55. The van der Waals surface area contributed by atoms with Crippen molar-refractivity contribution in [2.75, 3.05) is 7.11 Å². The largest absolute Gasteiger partial charge is 0.469 e. The van der Waals surface area contributed by atoms with E-state index < -0.39 is 5.41 Å². The summed E-state index contributed by atoms with van der Waals surface area (Å²) in [6, 6.07) is 7.67. The summed E-state index contributed by atoms with van der Waals surface area (Å²) < 4.78 is 4.88. The molecule has 0 amide bonds. The number of methoxy groups -OCH3 is 1. The van der Waals surface area contributed by atoms with E-state index in [1.807, 2.05) is 30.5 Å². The lowest BCUT2D eigenvalue weighted by Crippen LogP contribution is -2.30. The maximum absolute atomic E-state index is 11.9. The molecule has 1 aliphatic carbocycles. The monoisotopic (exact) mass is 244 g/mol. The van der Waals surface area contributed by atoms with Gasteiger partial charge in [0.05, 0.1) is 12.5 Å². The number of esters is 1. The SMILES string of the molecule is COC(=O)C1(C(N)c2c[nH]c3ccccc23)CC1. The van der Waals surface area contributed by atoms with Crippen LogP contribution in [0.2, 0.25) is 0 Å². The van der Waals surface area contributed by atoms with Gasteiger partial charge in [-0.2, -0.15) is 0 Å². The molecule has 1 aromatic carbocycles.